The van der Waals surface area contributed by atoms with Gasteiger partial charge in [-0.05, 0) is 41.5 Å². The van der Waals surface area contributed by atoms with Gasteiger partial charge in [0.15, 0.2) is 0 Å². The normalized spacial score (nSPS) is 15.3. The van der Waals surface area contributed by atoms with Gasteiger partial charge in [0, 0.05) is 28.6 Å². The third-order valence-corrected chi connectivity index (χ3v) is 4.99. The Balaban J connectivity index is 1.49. The molecule has 0 fully saturated rings. The maximum atomic E-state index is 6.02. The largest absolute Gasteiger partial charge is 0.489 e. The van der Waals surface area contributed by atoms with Crippen LogP contribution < -0.4 is 9.47 Å². The highest BCUT2D eigenvalue weighted by molar-refractivity contribution is 5.86. The third-order valence-electron chi connectivity index (χ3n) is 4.99. The van der Waals surface area contributed by atoms with E-state index in [0.717, 1.165) is 22.6 Å². The molecule has 0 radical (unpaired) electrons. The van der Waals surface area contributed by atoms with Crippen LogP contribution in [0.25, 0.3) is 10.9 Å². The second-order valence-electron chi connectivity index (χ2n) is 6.69. The lowest BCUT2D eigenvalue weighted by Crippen LogP contribution is -2.05. The molecule has 0 amide bonds. The number of para-hydroxylation sites is 1. The summed E-state index contributed by atoms with van der Waals surface area (Å²) in [5, 5.41) is 1.17. The van der Waals surface area contributed by atoms with Crippen LogP contribution in [0.5, 0.6) is 11.5 Å². The first-order chi connectivity index (χ1) is 13.4. The van der Waals surface area contributed by atoms with Crippen LogP contribution in [0.1, 0.15) is 22.6 Å². The lowest BCUT2D eigenvalue weighted by Gasteiger charge is -2.20. The SMILES string of the molecule is C1=CC(c2c[nH]c3ccc(OCc4ccccc4)cc23)c2ccccc2O1. The number of H-pyrrole nitrogens is 1. The fourth-order valence-corrected chi connectivity index (χ4v) is 3.62. The molecular weight excluding hydrogens is 334 g/mol. The molecule has 3 heteroatoms. The zero-order valence-electron chi connectivity index (χ0n) is 14.8. The molecule has 0 spiro atoms. The lowest BCUT2D eigenvalue weighted by atomic mass is 9.89. The Hall–Kier alpha value is -3.46. The Bertz CT molecular complexity index is 1110. The van der Waals surface area contributed by atoms with E-state index in [1.54, 1.807) is 6.26 Å². The summed E-state index contributed by atoms with van der Waals surface area (Å²) >= 11 is 0. The summed E-state index contributed by atoms with van der Waals surface area (Å²) in [6.07, 6.45) is 5.97. The Morgan fingerprint density at radius 3 is 2.67 bits per heavy atom. The molecule has 2 heterocycles. The van der Waals surface area contributed by atoms with Crippen molar-refractivity contribution in [3.63, 3.8) is 0 Å². The first-order valence-corrected chi connectivity index (χ1v) is 9.08. The Labute approximate surface area is 157 Å². The van der Waals surface area contributed by atoms with Crippen molar-refractivity contribution in [1.82, 2.24) is 4.98 Å². The van der Waals surface area contributed by atoms with Crippen LogP contribution in [0.2, 0.25) is 0 Å². The second kappa shape index (κ2) is 6.69. The number of benzene rings is 3. The van der Waals surface area contributed by atoms with Gasteiger partial charge in [0.1, 0.15) is 18.1 Å². The van der Waals surface area contributed by atoms with E-state index in [2.05, 4.69) is 53.7 Å². The maximum Gasteiger partial charge on any atom is 0.130 e. The minimum atomic E-state index is 0.160. The summed E-state index contributed by atoms with van der Waals surface area (Å²) < 4.78 is 11.7. The van der Waals surface area contributed by atoms with Gasteiger partial charge in [-0.25, -0.2) is 0 Å². The van der Waals surface area contributed by atoms with Gasteiger partial charge >= 0.3 is 0 Å². The summed E-state index contributed by atoms with van der Waals surface area (Å²) in [5.41, 5.74) is 4.67. The van der Waals surface area contributed by atoms with Crippen LogP contribution in [0, 0.1) is 0 Å². The average molecular weight is 353 g/mol. The van der Waals surface area contributed by atoms with E-state index in [0.29, 0.717) is 6.61 Å². The first kappa shape index (κ1) is 15.8. The van der Waals surface area contributed by atoms with Crippen LogP contribution >= 0.6 is 0 Å². The van der Waals surface area contributed by atoms with E-state index >= 15 is 0 Å². The molecule has 0 saturated carbocycles. The van der Waals surface area contributed by atoms with E-state index in [-0.39, 0.29) is 5.92 Å². The number of aromatic nitrogens is 1. The molecule has 1 aliphatic heterocycles. The van der Waals surface area contributed by atoms with E-state index in [4.69, 9.17) is 9.47 Å². The number of rotatable bonds is 4. The molecular formula is C24H19NO2. The molecule has 1 unspecified atom stereocenters. The van der Waals surface area contributed by atoms with Crippen LogP contribution in [-0.4, -0.2) is 4.98 Å². The molecule has 27 heavy (non-hydrogen) atoms. The zero-order chi connectivity index (χ0) is 18.1. The lowest BCUT2D eigenvalue weighted by molar-refractivity contribution is 0.306. The smallest absolute Gasteiger partial charge is 0.130 e. The van der Waals surface area contributed by atoms with Crippen LogP contribution in [0.3, 0.4) is 0 Å². The number of nitrogens with one attached hydrogen (secondary N) is 1. The molecule has 1 aromatic heterocycles. The third kappa shape index (κ3) is 2.97. The molecule has 5 rings (SSSR count). The van der Waals surface area contributed by atoms with E-state index in [9.17, 15) is 0 Å². The van der Waals surface area contributed by atoms with Gasteiger partial charge in [-0.1, -0.05) is 48.5 Å². The number of ether oxygens (including phenoxy) is 2. The predicted octanol–water partition coefficient (Wildman–Crippen LogP) is 5.78. The number of fused-ring (bicyclic) bond motifs is 2. The minimum Gasteiger partial charge on any atom is -0.489 e. The predicted molar refractivity (Wildman–Crippen MR) is 107 cm³/mol. The molecule has 4 aromatic rings. The van der Waals surface area contributed by atoms with Gasteiger partial charge in [-0.3, -0.25) is 0 Å². The summed E-state index contributed by atoms with van der Waals surface area (Å²) in [4.78, 5) is 3.39. The molecule has 1 aliphatic rings. The van der Waals surface area contributed by atoms with Crippen molar-refractivity contribution >= 4 is 10.9 Å². The Kier molecular flexibility index (Phi) is 3.91. The quantitative estimate of drug-likeness (QED) is 0.504. The van der Waals surface area contributed by atoms with Crippen molar-refractivity contribution in [3.05, 3.63) is 108 Å². The molecule has 0 aliphatic carbocycles. The molecule has 3 nitrogen and oxygen atoms in total. The van der Waals surface area contributed by atoms with Gasteiger partial charge in [0.25, 0.3) is 0 Å². The molecule has 3 aromatic carbocycles. The first-order valence-electron chi connectivity index (χ1n) is 9.08. The van der Waals surface area contributed by atoms with E-state index in [1.807, 2.05) is 36.4 Å². The van der Waals surface area contributed by atoms with Gasteiger partial charge in [-0.15, -0.1) is 0 Å². The van der Waals surface area contributed by atoms with Gasteiger partial charge < -0.3 is 14.5 Å². The fourth-order valence-electron chi connectivity index (χ4n) is 3.62. The van der Waals surface area contributed by atoms with Gasteiger partial charge in [0.2, 0.25) is 0 Å². The van der Waals surface area contributed by atoms with Crippen LogP contribution in [0.15, 0.2) is 91.3 Å². The van der Waals surface area contributed by atoms with Crippen molar-refractivity contribution in [3.8, 4) is 11.5 Å². The number of allylic oxidation sites excluding steroid dienone is 1. The molecule has 132 valence electrons. The van der Waals surface area contributed by atoms with E-state index < -0.39 is 0 Å². The van der Waals surface area contributed by atoms with Crippen LogP contribution in [-0.2, 0) is 6.61 Å². The molecule has 1 N–H and O–H groups in total. The van der Waals surface area contributed by atoms with Gasteiger partial charge in [-0.2, -0.15) is 0 Å². The minimum absolute atomic E-state index is 0.160. The number of aromatic amines is 1. The average Bonchev–Trinajstić information content (AvgIpc) is 3.16. The Morgan fingerprint density at radius 1 is 0.889 bits per heavy atom. The maximum absolute atomic E-state index is 6.02. The van der Waals surface area contributed by atoms with Crippen molar-refractivity contribution < 1.29 is 9.47 Å². The number of hydrogen-bond acceptors (Lipinski definition) is 2. The highest BCUT2D eigenvalue weighted by Gasteiger charge is 2.22. The molecule has 0 saturated heterocycles. The van der Waals surface area contributed by atoms with Crippen molar-refractivity contribution in [2.24, 2.45) is 0 Å². The highest BCUT2D eigenvalue weighted by Crippen LogP contribution is 2.39. The summed E-state index contributed by atoms with van der Waals surface area (Å²) in [5.74, 6) is 1.94. The Morgan fingerprint density at radius 2 is 1.74 bits per heavy atom. The summed E-state index contributed by atoms with van der Waals surface area (Å²) in [7, 11) is 0. The summed E-state index contributed by atoms with van der Waals surface area (Å²) in [6, 6.07) is 24.6. The van der Waals surface area contributed by atoms with Gasteiger partial charge in [0.05, 0.1) is 6.26 Å². The van der Waals surface area contributed by atoms with Crippen molar-refractivity contribution in [2.45, 2.75) is 12.5 Å². The standard InChI is InChI=1S/C24H19NO2/c1-2-6-17(7-3-1)16-27-18-10-11-23-21(14-18)22(15-25-23)19-12-13-26-24-9-5-4-8-20(19)24/h1-15,19,25H,16H2. The number of hydrogen-bond donors (Lipinski definition) is 1. The van der Waals surface area contributed by atoms with Crippen LogP contribution in [0.4, 0.5) is 0 Å². The second-order valence-corrected chi connectivity index (χ2v) is 6.69. The topological polar surface area (TPSA) is 34.2 Å². The molecule has 1 atom stereocenters. The molecule has 0 bridgehead atoms. The van der Waals surface area contributed by atoms with Crippen molar-refractivity contribution in [2.75, 3.05) is 0 Å². The summed E-state index contributed by atoms with van der Waals surface area (Å²) in [6.45, 7) is 0.562. The fraction of sp³-hybridized carbons (Fsp3) is 0.0833. The van der Waals surface area contributed by atoms with Crippen molar-refractivity contribution in [1.29, 1.82) is 0 Å². The highest BCUT2D eigenvalue weighted by atomic mass is 16.5. The zero-order valence-corrected chi connectivity index (χ0v) is 14.8. The monoisotopic (exact) mass is 353 g/mol. The van der Waals surface area contributed by atoms with E-state index in [1.165, 1.54) is 16.5 Å².